The van der Waals surface area contributed by atoms with E-state index in [1.54, 1.807) is 12.1 Å². The molecule has 0 aromatic heterocycles. The van der Waals surface area contributed by atoms with Crippen molar-refractivity contribution in [1.29, 1.82) is 0 Å². The Morgan fingerprint density at radius 2 is 1.78 bits per heavy atom. The van der Waals surface area contributed by atoms with Gasteiger partial charge in [-0.05, 0) is 43.6 Å². The van der Waals surface area contributed by atoms with Crippen LogP contribution in [0.1, 0.15) is 30.9 Å². The predicted octanol–water partition coefficient (Wildman–Crippen LogP) is 0.430. The van der Waals surface area contributed by atoms with Gasteiger partial charge in [-0.2, -0.15) is 0 Å². The van der Waals surface area contributed by atoms with E-state index in [1.165, 1.54) is 12.1 Å². The molecule has 3 unspecified atom stereocenters. The lowest BCUT2D eigenvalue weighted by molar-refractivity contribution is 0.164. The average molecular weight is 421 g/mol. The van der Waals surface area contributed by atoms with Gasteiger partial charge in [0.1, 0.15) is 11.1 Å². The van der Waals surface area contributed by atoms with Crippen LogP contribution in [-0.2, 0) is 19.9 Å². The van der Waals surface area contributed by atoms with Crippen LogP contribution < -0.4 is 4.72 Å². The molecule has 7 nitrogen and oxygen atoms in total. The minimum absolute atomic E-state index is 0.0389. The molecule has 3 atom stereocenters. The smallest absolute Gasteiger partial charge is 0.218 e. The summed E-state index contributed by atoms with van der Waals surface area (Å²) in [6.45, 7) is 1.66. The first-order valence-corrected chi connectivity index (χ1v) is 12.4. The van der Waals surface area contributed by atoms with Gasteiger partial charge in [0.2, 0.25) is 10.0 Å². The zero-order valence-electron chi connectivity index (χ0n) is 14.9. The van der Waals surface area contributed by atoms with Crippen molar-refractivity contribution in [3.05, 3.63) is 35.6 Å². The molecule has 0 saturated carbocycles. The number of aliphatic hydroxyl groups is 1. The number of likely N-dealkylation sites (tertiary alicyclic amines) is 1. The Bertz CT molecular complexity index is 852. The fourth-order valence-electron chi connectivity index (χ4n) is 3.77. The number of halogens is 1. The molecule has 2 aliphatic heterocycles. The van der Waals surface area contributed by atoms with Crippen molar-refractivity contribution in [2.75, 3.05) is 31.1 Å². The Morgan fingerprint density at radius 3 is 2.33 bits per heavy atom. The van der Waals surface area contributed by atoms with E-state index in [9.17, 15) is 26.3 Å². The number of hydrogen-bond donors (Lipinski definition) is 2. The van der Waals surface area contributed by atoms with Crippen LogP contribution >= 0.6 is 0 Å². The van der Waals surface area contributed by atoms with Gasteiger partial charge in [0, 0.05) is 12.6 Å². The van der Waals surface area contributed by atoms with Crippen LogP contribution in [0.3, 0.4) is 0 Å². The third kappa shape index (κ3) is 5.05. The Labute approximate surface area is 159 Å². The average Bonchev–Trinajstić information content (AvgIpc) is 2.91. The second-order valence-corrected chi connectivity index (χ2v) is 11.4. The summed E-state index contributed by atoms with van der Waals surface area (Å²) in [7, 11) is -7.58. The SMILES string of the molecule is O=S1(=O)CC(O)C(S(=O)(=O)NCC(c2ccc(F)cc2)N2CCCCC2)C1. The first kappa shape index (κ1) is 20.7. The molecule has 2 fully saturated rings. The van der Waals surface area contributed by atoms with E-state index in [2.05, 4.69) is 9.62 Å². The number of benzene rings is 1. The normalized spacial score (nSPS) is 27.5. The highest BCUT2D eigenvalue weighted by atomic mass is 32.2. The van der Waals surface area contributed by atoms with Gasteiger partial charge in [-0.15, -0.1) is 0 Å². The van der Waals surface area contributed by atoms with Crippen molar-refractivity contribution >= 4 is 19.9 Å². The number of nitrogens with zero attached hydrogens (tertiary/aromatic N) is 1. The van der Waals surface area contributed by atoms with E-state index in [0.29, 0.717) is 0 Å². The van der Waals surface area contributed by atoms with Crippen molar-refractivity contribution in [1.82, 2.24) is 9.62 Å². The molecule has 0 spiro atoms. The van der Waals surface area contributed by atoms with Gasteiger partial charge < -0.3 is 5.11 Å². The van der Waals surface area contributed by atoms with Gasteiger partial charge in [-0.25, -0.2) is 25.9 Å². The van der Waals surface area contributed by atoms with Crippen LogP contribution in [0.15, 0.2) is 24.3 Å². The van der Waals surface area contributed by atoms with Gasteiger partial charge in [0.15, 0.2) is 9.84 Å². The van der Waals surface area contributed by atoms with Crippen LogP contribution in [-0.4, -0.2) is 69.3 Å². The number of nitrogens with one attached hydrogen (secondary N) is 1. The van der Waals surface area contributed by atoms with Gasteiger partial charge in [-0.1, -0.05) is 18.6 Å². The molecule has 2 heterocycles. The fraction of sp³-hybridized carbons (Fsp3) is 0.647. The second-order valence-electron chi connectivity index (χ2n) is 7.24. The molecular weight excluding hydrogens is 395 g/mol. The molecular formula is C17H25FN2O5S2. The first-order chi connectivity index (χ1) is 12.7. The number of piperidine rings is 1. The number of sulfonamides is 1. The summed E-state index contributed by atoms with van der Waals surface area (Å²) in [5, 5.41) is 8.51. The van der Waals surface area contributed by atoms with Gasteiger partial charge in [0.05, 0.1) is 17.6 Å². The van der Waals surface area contributed by atoms with Gasteiger partial charge >= 0.3 is 0 Å². The minimum Gasteiger partial charge on any atom is -0.391 e. The van der Waals surface area contributed by atoms with Crippen molar-refractivity contribution < 1.29 is 26.3 Å². The quantitative estimate of drug-likeness (QED) is 0.692. The van der Waals surface area contributed by atoms with Crippen molar-refractivity contribution in [2.45, 2.75) is 36.7 Å². The van der Waals surface area contributed by atoms with Crippen molar-refractivity contribution in [3.8, 4) is 0 Å². The van der Waals surface area contributed by atoms with Gasteiger partial charge in [-0.3, -0.25) is 4.90 Å². The maximum absolute atomic E-state index is 13.3. The predicted molar refractivity (Wildman–Crippen MR) is 99.9 cm³/mol. The first-order valence-electron chi connectivity index (χ1n) is 9.04. The highest BCUT2D eigenvalue weighted by Crippen LogP contribution is 2.26. The van der Waals surface area contributed by atoms with Crippen LogP contribution in [0.25, 0.3) is 0 Å². The van der Waals surface area contributed by atoms with Crippen LogP contribution in [0.5, 0.6) is 0 Å². The molecule has 2 saturated heterocycles. The molecule has 152 valence electrons. The summed E-state index contributed by atoms with van der Waals surface area (Å²) in [5.41, 5.74) is 0.792. The molecule has 2 N–H and O–H groups in total. The lowest BCUT2D eigenvalue weighted by Crippen LogP contribution is -2.45. The molecule has 0 radical (unpaired) electrons. The Balaban J connectivity index is 1.76. The lowest BCUT2D eigenvalue weighted by atomic mass is 10.0. The van der Waals surface area contributed by atoms with E-state index in [-0.39, 0.29) is 18.4 Å². The maximum atomic E-state index is 13.3. The number of sulfone groups is 1. The molecule has 3 rings (SSSR count). The standard InChI is InChI=1S/C17H25FN2O5S2/c18-14-6-4-13(5-7-14)15(20-8-2-1-3-9-20)10-19-27(24,25)17-12-26(22,23)11-16(17)21/h4-7,15-17,19,21H,1-3,8-12H2. The third-order valence-electron chi connectivity index (χ3n) is 5.23. The topological polar surface area (TPSA) is 104 Å². The van der Waals surface area contributed by atoms with E-state index >= 15 is 0 Å². The molecule has 0 aliphatic carbocycles. The number of hydrogen-bond acceptors (Lipinski definition) is 6. The molecule has 27 heavy (non-hydrogen) atoms. The molecule has 10 heteroatoms. The highest BCUT2D eigenvalue weighted by Gasteiger charge is 2.44. The largest absolute Gasteiger partial charge is 0.391 e. The summed E-state index contributed by atoms with van der Waals surface area (Å²) in [5.74, 6) is -1.48. The zero-order chi connectivity index (χ0) is 19.7. The minimum atomic E-state index is -4.01. The fourth-order valence-corrected chi connectivity index (χ4v) is 7.95. The molecule has 1 aromatic carbocycles. The third-order valence-corrected chi connectivity index (χ3v) is 9.01. The summed E-state index contributed by atoms with van der Waals surface area (Å²) in [4.78, 5) is 2.15. The van der Waals surface area contributed by atoms with E-state index in [1.807, 2.05) is 0 Å². The maximum Gasteiger partial charge on any atom is 0.218 e. The highest BCUT2D eigenvalue weighted by molar-refractivity contribution is 7.95. The summed E-state index contributed by atoms with van der Waals surface area (Å²) < 4.78 is 64.2. The number of aliphatic hydroxyl groups excluding tert-OH is 1. The van der Waals surface area contributed by atoms with Gasteiger partial charge in [0.25, 0.3) is 0 Å². The van der Waals surface area contributed by atoms with Crippen LogP contribution in [0, 0.1) is 5.82 Å². The van der Waals surface area contributed by atoms with Crippen molar-refractivity contribution in [2.24, 2.45) is 0 Å². The molecule has 1 aromatic rings. The van der Waals surface area contributed by atoms with E-state index in [0.717, 1.165) is 37.9 Å². The zero-order valence-corrected chi connectivity index (χ0v) is 16.6. The van der Waals surface area contributed by atoms with E-state index < -0.39 is 42.7 Å². The summed E-state index contributed by atoms with van der Waals surface area (Å²) in [6.07, 6.45) is 1.70. The molecule has 0 bridgehead atoms. The Hall–Kier alpha value is -1.07. The Kier molecular flexibility index (Phi) is 6.21. The second kappa shape index (κ2) is 8.12. The van der Waals surface area contributed by atoms with E-state index in [4.69, 9.17) is 0 Å². The molecule has 2 aliphatic rings. The summed E-state index contributed by atoms with van der Waals surface area (Å²) in [6, 6.07) is 5.67. The lowest BCUT2D eigenvalue weighted by Gasteiger charge is -2.35. The molecule has 0 amide bonds. The monoisotopic (exact) mass is 420 g/mol. The van der Waals surface area contributed by atoms with Crippen molar-refractivity contribution in [3.63, 3.8) is 0 Å². The Morgan fingerprint density at radius 1 is 1.15 bits per heavy atom. The number of rotatable bonds is 6. The van der Waals surface area contributed by atoms with Crippen LogP contribution in [0.2, 0.25) is 0 Å². The summed E-state index contributed by atoms with van der Waals surface area (Å²) >= 11 is 0. The van der Waals surface area contributed by atoms with Crippen LogP contribution in [0.4, 0.5) is 4.39 Å².